The van der Waals surface area contributed by atoms with E-state index in [-0.39, 0.29) is 11.6 Å². The Labute approximate surface area is 102 Å². The van der Waals surface area contributed by atoms with Crippen molar-refractivity contribution < 1.29 is 14.0 Å². The first-order valence-corrected chi connectivity index (χ1v) is 5.55. The molecule has 4 heteroatoms. The zero-order chi connectivity index (χ0) is 12.5. The van der Waals surface area contributed by atoms with Gasteiger partial charge in [-0.15, -0.1) is 0 Å². The van der Waals surface area contributed by atoms with Crippen molar-refractivity contribution in [2.24, 2.45) is 0 Å². The van der Waals surface area contributed by atoms with Crippen LogP contribution in [0.4, 0.5) is 4.39 Å². The number of aromatic nitrogens is 1. The molecule has 0 unspecified atom stereocenters. The Morgan fingerprint density at radius 2 is 2.00 bits per heavy atom. The lowest BCUT2D eigenvalue weighted by Crippen LogP contribution is -1.92. The second kappa shape index (κ2) is 4.14. The van der Waals surface area contributed by atoms with E-state index in [4.69, 9.17) is 4.52 Å². The van der Waals surface area contributed by atoms with Crippen molar-refractivity contribution in [2.75, 3.05) is 0 Å². The number of hydrogen-bond donors (Lipinski definition) is 1. The van der Waals surface area contributed by atoms with Crippen LogP contribution in [0.3, 0.4) is 0 Å². The third-order valence-corrected chi connectivity index (χ3v) is 2.85. The van der Waals surface area contributed by atoms with Gasteiger partial charge in [0.05, 0.1) is 5.69 Å². The monoisotopic (exact) mass is 243 g/mol. The lowest BCUT2D eigenvalue weighted by atomic mass is 10.1. The molecule has 2 aromatic carbocycles. The van der Waals surface area contributed by atoms with Gasteiger partial charge in [0.1, 0.15) is 11.6 Å². The molecule has 0 fully saturated rings. The molecule has 0 saturated carbocycles. The highest BCUT2D eigenvalue weighted by Crippen LogP contribution is 2.25. The van der Waals surface area contributed by atoms with Crippen molar-refractivity contribution in [1.29, 1.82) is 0 Å². The molecular weight excluding hydrogens is 233 g/mol. The Bertz CT molecular complexity index is 706. The fourth-order valence-electron chi connectivity index (χ4n) is 1.93. The number of hydrogen-bond acceptors (Lipinski definition) is 3. The summed E-state index contributed by atoms with van der Waals surface area (Å²) in [6, 6.07) is 11.3. The number of phenols is 1. The van der Waals surface area contributed by atoms with Crippen LogP contribution in [-0.4, -0.2) is 10.3 Å². The third kappa shape index (κ3) is 1.82. The molecule has 90 valence electrons. The van der Waals surface area contributed by atoms with Crippen LogP contribution in [0.2, 0.25) is 0 Å². The summed E-state index contributed by atoms with van der Waals surface area (Å²) in [7, 11) is 0. The van der Waals surface area contributed by atoms with Crippen molar-refractivity contribution in [3.63, 3.8) is 0 Å². The molecule has 1 heterocycles. The van der Waals surface area contributed by atoms with Crippen LogP contribution in [0.15, 0.2) is 47.0 Å². The molecule has 3 rings (SSSR count). The van der Waals surface area contributed by atoms with E-state index < -0.39 is 0 Å². The van der Waals surface area contributed by atoms with Crippen molar-refractivity contribution in [3.05, 3.63) is 59.5 Å². The van der Waals surface area contributed by atoms with E-state index in [1.54, 1.807) is 30.3 Å². The standard InChI is InChI=1S/C14H10FNO2/c15-12-4-2-1-3-9(12)7-13-11-6-5-10(17)8-14(11)18-16-13/h1-6,8,17H,7H2. The molecule has 0 spiro atoms. The van der Waals surface area contributed by atoms with E-state index in [0.29, 0.717) is 23.3 Å². The van der Waals surface area contributed by atoms with Crippen molar-refractivity contribution >= 4 is 11.0 Å². The van der Waals surface area contributed by atoms with Gasteiger partial charge in [0.25, 0.3) is 0 Å². The average molecular weight is 243 g/mol. The Morgan fingerprint density at radius 1 is 1.17 bits per heavy atom. The number of fused-ring (bicyclic) bond motifs is 1. The van der Waals surface area contributed by atoms with Gasteiger partial charge < -0.3 is 9.63 Å². The van der Waals surface area contributed by atoms with E-state index in [1.807, 2.05) is 0 Å². The number of rotatable bonds is 2. The van der Waals surface area contributed by atoms with Crippen LogP contribution < -0.4 is 0 Å². The SMILES string of the molecule is Oc1ccc2c(Cc3ccccc3F)noc2c1. The highest BCUT2D eigenvalue weighted by Gasteiger charge is 2.11. The summed E-state index contributed by atoms with van der Waals surface area (Å²) in [5.41, 5.74) is 1.73. The molecule has 0 aliphatic rings. The van der Waals surface area contributed by atoms with Crippen LogP contribution in [-0.2, 0) is 6.42 Å². The lowest BCUT2D eigenvalue weighted by molar-refractivity contribution is 0.442. The first-order chi connectivity index (χ1) is 8.74. The molecule has 0 amide bonds. The predicted octanol–water partition coefficient (Wildman–Crippen LogP) is 3.26. The topological polar surface area (TPSA) is 46.3 Å². The minimum absolute atomic E-state index is 0.121. The molecular formula is C14H10FNO2. The van der Waals surface area contributed by atoms with Gasteiger partial charge in [-0.3, -0.25) is 0 Å². The predicted molar refractivity (Wildman–Crippen MR) is 64.9 cm³/mol. The normalized spacial score (nSPS) is 10.9. The van der Waals surface area contributed by atoms with Crippen molar-refractivity contribution in [2.45, 2.75) is 6.42 Å². The van der Waals surface area contributed by atoms with E-state index in [9.17, 15) is 9.50 Å². The Hall–Kier alpha value is -2.36. The minimum Gasteiger partial charge on any atom is -0.508 e. The highest BCUT2D eigenvalue weighted by atomic mass is 19.1. The first-order valence-electron chi connectivity index (χ1n) is 5.55. The molecule has 1 N–H and O–H groups in total. The van der Waals surface area contributed by atoms with E-state index in [1.165, 1.54) is 12.1 Å². The van der Waals surface area contributed by atoms with Crippen molar-refractivity contribution in [1.82, 2.24) is 5.16 Å². The molecule has 0 aliphatic heterocycles. The summed E-state index contributed by atoms with van der Waals surface area (Å²) in [5.74, 6) is -0.136. The van der Waals surface area contributed by atoms with Crippen LogP contribution >= 0.6 is 0 Å². The van der Waals surface area contributed by atoms with Gasteiger partial charge in [-0.1, -0.05) is 23.4 Å². The van der Waals surface area contributed by atoms with Gasteiger partial charge in [0.2, 0.25) is 0 Å². The summed E-state index contributed by atoms with van der Waals surface area (Å²) in [5, 5.41) is 14.0. The Balaban J connectivity index is 2.03. The summed E-state index contributed by atoms with van der Waals surface area (Å²) in [6.45, 7) is 0. The van der Waals surface area contributed by atoms with E-state index in [0.717, 1.165) is 5.39 Å². The number of phenolic OH excluding ortho intramolecular Hbond substituents is 1. The molecule has 0 atom stereocenters. The van der Waals surface area contributed by atoms with Crippen LogP contribution in [0.5, 0.6) is 5.75 Å². The third-order valence-electron chi connectivity index (χ3n) is 2.85. The molecule has 0 radical (unpaired) electrons. The lowest BCUT2D eigenvalue weighted by Gasteiger charge is -1.99. The van der Waals surface area contributed by atoms with Gasteiger partial charge in [-0.25, -0.2) is 4.39 Å². The van der Waals surface area contributed by atoms with Gasteiger partial charge in [0.15, 0.2) is 5.58 Å². The van der Waals surface area contributed by atoms with Gasteiger partial charge in [-0.2, -0.15) is 0 Å². The largest absolute Gasteiger partial charge is 0.508 e. The molecule has 0 saturated heterocycles. The van der Waals surface area contributed by atoms with E-state index >= 15 is 0 Å². The molecule has 1 aromatic heterocycles. The summed E-state index contributed by atoms with van der Waals surface area (Å²) >= 11 is 0. The number of nitrogens with zero attached hydrogens (tertiary/aromatic N) is 1. The van der Waals surface area contributed by atoms with Gasteiger partial charge in [-0.05, 0) is 23.8 Å². The first kappa shape index (κ1) is 10.8. The Morgan fingerprint density at radius 3 is 2.83 bits per heavy atom. The molecule has 0 aliphatic carbocycles. The van der Waals surface area contributed by atoms with Crippen LogP contribution in [0.25, 0.3) is 11.0 Å². The highest BCUT2D eigenvalue weighted by molar-refractivity contribution is 5.81. The molecule has 3 nitrogen and oxygen atoms in total. The fourth-order valence-corrected chi connectivity index (χ4v) is 1.93. The number of aromatic hydroxyl groups is 1. The second-order valence-corrected chi connectivity index (χ2v) is 4.08. The maximum absolute atomic E-state index is 13.5. The zero-order valence-corrected chi connectivity index (χ0v) is 9.43. The number of halogens is 1. The Kier molecular flexibility index (Phi) is 2.48. The van der Waals surface area contributed by atoms with Gasteiger partial charge >= 0.3 is 0 Å². The van der Waals surface area contributed by atoms with Gasteiger partial charge in [0, 0.05) is 17.9 Å². The van der Waals surface area contributed by atoms with E-state index in [2.05, 4.69) is 5.16 Å². The number of benzene rings is 2. The second-order valence-electron chi connectivity index (χ2n) is 4.08. The molecule has 0 bridgehead atoms. The summed E-state index contributed by atoms with van der Waals surface area (Å²) in [6.07, 6.45) is 0.366. The van der Waals surface area contributed by atoms with Crippen molar-refractivity contribution in [3.8, 4) is 5.75 Å². The minimum atomic E-state index is -0.257. The smallest absolute Gasteiger partial charge is 0.170 e. The average Bonchev–Trinajstić information content (AvgIpc) is 2.74. The van der Waals surface area contributed by atoms with Crippen LogP contribution in [0.1, 0.15) is 11.3 Å². The summed E-state index contributed by atoms with van der Waals surface area (Å²) in [4.78, 5) is 0. The maximum Gasteiger partial charge on any atom is 0.170 e. The fraction of sp³-hybridized carbons (Fsp3) is 0.0714. The maximum atomic E-state index is 13.5. The zero-order valence-electron chi connectivity index (χ0n) is 9.43. The quantitative estimate of drug-likeness (QED) is 0.751. The molecule has 18 heavy (non-hydrogen) atoms. The summed E-state index contributed by atoms with van der Waals surface area (Å²) < 4.78 is 18.7. The molecule has 3 aromatic rings. The van der Waals surface area contributed by atoms with Crippen LogP contribution in [0, 0.1) is 5.82 Å².